The first-order valence-corrected chi connectivity index (χ1v) is 22.7. The van der Waals surface area contributed by atoms with Gasteiger partial charge >= 0.3 is 12.1 Å². The van der Waals surface area contributed by atoms with Gasteiger partial charge < -0.3 is 26.0 Å². The summed E-state index contributed by atoms with van der Waals surface area (Å²) in [6.45, 7) is 7.23. The zero-order valence-corrected chi connectivity index (χ0v) is 37.8. The number of sulfonamides is 1. The first kappa shape index (κ1) is 49.1. The number of nitrogens with one attached hydrogen (secondary N) is 6. The molecule has 0 aliphatic carbocycles. The lowest BCUT2D eigenvalue weighted by Gasteiger charge is -2.29. The Kier molecular flexibility index (Phi) is 17.1. The number of benzene rings is 4. The fraction of sp³-hybridized carbons (Fsp3) is 0.340. The summed E-state index contributed by atoms with van der Waals surface area (Å²) in [4.78, 5) is 82.6. The molecule has 5 rings (SSSR count). The maximum absolute atomic E-state index is 14.4. The van der Waals surface area contributed by atoms with Crippen LogP contribution in [0.25, 0.3) is 0 Å². The van der Waals surface area contributed by atoms with Crippen molar-refractivity contribution in [2.45, 2.75) is 94.6 Å². The third-order valence-corrected chi connectivity index (χ3v) is 11.7. The molecular formula is C47H56N8O9S. The van der Waals surface area contributed by atoms with Crippen molar-refractivity contribution in [1.29, 1.82) is 0 Å². The first-order chi connectivity index (χ1) is 31.0. The largest absolute Gasteiger partial charge is 0.444 e. The summed E-state index contributed by atoms with van der Waals surface area (Å²) in [6.07, 6.45) is -0.555. The number of Topliss-reactive ketones (excluding diaryl/α,β-unsaturated/α-hetero) is 1. The molecule has 0 saturated carbocycles. The molecule has 4 aromatic carbocycles. The lowest BCUT2D eigenvalue weighted by atomic mass is 9.99. The summed E-state index contributed by atoms with van der Waals surface area (Å²) in [5.74, 6) is -2.76. The monoisotopic (exact) mass is 908 g/mol. The molecule has 6 amide bonds. The van der Waals surface area contributed by atoms with E-state index in [0.717, 1.165) is 16.0 Å². The molecule has 17 nitrogen and oxygen atoms in total. The number of hydrogen-bond acceptors (Lipinski definition) is 10. The number of rotatable bonds is 18. The van der Waals surface area contributed by atoms with Crippen LogP contribution in [0.3, 0.4) is 0 Å². The maximum atomic E-state index is 14.4. The number of carbonyl (C=O) groups is 6. The van der Waals surface area contributed by atoms with E-state index in [4.69, 9.17) is 4.74 Å². The fourth-order valence-corrected chi connectivity index (χ4v) is 8.41. The number of ether oxygens (including phenoxy) is 1. The molecule has 65 heavy (non-hydrogen) atoms. The van der Waals surface area contributed by atoms with E-state index >= 15 is 0 Å². The molecule has 0 spiro atoms. The van der Waals surface area contributed by atoms with Gasteiger partial charge in [0, 0.05) is 12.6 Å². The lowest BCUT2D eigenvalue weighted by molar-refractivity contribution is -0.127. The van der Waals surface area contributed by atoms with Crippen molar-refractivity contribution in [3.05, 3.63) is 138 Å². The maximum Gasteiger partial charge on any atom is 0.411 e. The summed E-state index contributed by atoms with van der Waals surface area (Å²) < 4.78 is 34.9. The molecule has 1 aliphatic heterocycles. The molecule has 344 valence electrons. The third-order valence-electron chi connectivity index (χ3n) is 10.1. The zero-order chi connectivity index (χ0) is 47.1. The average molecular weight is 909 g/mol. The van der Waals surface area contributed by atoms with E-state index in [1.807, 2.05) is 60.7 Å². The van der Waals surface area contributed by atoms with E-state index in [9.17, 15) is 37.2 Å². The lowest BCUT2D eigenvalue weighted by Crippen LogP contribution is -2.55. The SMILES string of the molecule is CCC[C@H](NC(=O)C1C[C@@H](NS(=O)(=O)c2ccccc2)CN1C(=O)OC(C)(C)C)C(=NNC(=O)NC(c1ccccc1)c1ccccc1)C(=O)NCC(=O)N[C@H](C(C)=O)c1ccccc1. The molecule has 1 saturated heterocycles. The Morgan fingerprint density at radius 1 is 0.769 bits per heavy atom. The van der Waals surface area contributed by atoms with Crippen LogP contribution in [0, 0.1) is 0 Å². The van der Waals surface area contributed by atoms with Gasteiger partial charge in [-0.05, 0) is 69.4 Å². The predicted molar refractivity (Wildman–Crippen MR) is 244 cm³/mol. The molecule has 18 heteroatoms. The number of hydrazone groups is 1. The van der Waals surface area contributed by atoms with E-state index in [1.54, 1.807) is 76.2 Å². The summed E-state index contributed by atoms with van der Waals surface area (Å²) in [6, 6.07) is 28.7. The Hall–Kier alpha value is -6.92. The summed E-state index contributed by atoms with van der Waals surface area (Å²) in [5, 5.41) is 15.0. The molecule has 4 aromatic rings. The van der Waals surface area contributed by atoms with Crippen molar-refractivity contribution in [2.24, 2.45) is 5.10 Å². The van der Waals surface area contributed by atoms with Crippen molar-refractivity contribution >= 4 is 51.4 Å². The van der Waals surface area contributed by atoms with E-state index in [2.05, 4.69) is 36.5 Å². The molecular weight excluding hydrogens is 853 g/mol. The average Bonchev–Trinajstić information content (AvgIpc) is 3.71. The van der Waals surface area contributed by atoms with Crippen molar-refractivity contribution < 1.29 is 41.9 Å². The van der Waals surface area contributed by atoms with E-state index in [1.165, 1.54) is 19.1 Å². The van der Waals surface area contributed by atoms with Gasteiger partial charge in [-0.25, -0.2) is 28.2 Å². The van der Waals surface area contributed by atoms with E-state index < -0.39 is 87.9 Å². The highest BCUT2D eigenvalue weighted by Gasteiger charge is 2.44. The molecule has 1 unspecified atom stereocenters. The molecule has 1 fully saturated rings. The first-order valence-electron chi connectivity index (χ1n) is 21.2. The van der Waals surface area contributed by atoms with Crippen LogP contribution in [0.5, 0.6) is 0 Å². The van der Waals surface area contributed by atoms with Gasteiger partial charge in [0.25, 0.3) is 5.91 Å². The fourth-order valence-electron chi connectivity index (χ4n) is 7.15. The topological polar surface area (TPSA) is 234 Å². The highest BCUT2D eigenvalue weighted by molar-refractivity contribution is 7.89. The van der Waals surface area contributed by atoms with E-state index in [-0.39, 0.29) is 30.1 Å². The van der Waals surface area contributed by atoms with Crippen LogP contribution < -0.4 is 31.4 Å². The number of nitrogens with zero attached hydrogens (tertiary/aromatic N) is 2. The van der Waals surface area contributed by atoms with E-state index in [0.29, 0.717) is 12.0 Å². The smallest absolute Gasteiger partial charge is 0.411 e. The van der Waals surface area contributed by atoms with Crippen LogP contribution in [0.2, 0.25) is 0 Å². The van der Waals surface area contributed by atoms with Crippen molar-refractivity contribution in [3.8, 4) is 0 Å². The van der Waals surface area contributed by atoms with Gasteiger partial charge in [0.2, 0.25) is 21.8 Å². The minimum atomic E-state index is -4.07. The number of amides is 6. The number of hydrogen-bond donors (Lipinski definition) is 6. The summed E-state index contributed by atoms with van der Waals surface area (Å²) in [5.41, 5.74) is 3.08. The van der Waals surface area contributed by atoms with Crippen LogP contribution in [0.4, 0.5) is 9.59 Å². The second-order valence-electron chi connectivity index (χ2n) is 16.4. The van der Waals surface area contributed by atoms with Crippen molar-refractivity contribution in [1.82, 2.24) is 36.3 Å². The second-order valence-corrected chi connectivity index (χ2v) is 18.1. The highest BCUT2D eigenvalue weighted by Crippen LogP contribution is 2.25. The van der Waals surface area contributed by atoms with Crippen LogP contribution in [0.1, 0.15) is 82.7 Å². The molecule has 1 heterocycles. The Morgan fingerprint density at radius 2 is 1.31 bits per heavy atom. The van der Waals surface area contributed by atoms with Gasteiger partial charge in [-0.2, -0.15) is 5.10 Å². The Bertz CT molecular complexity index is 2380. The Morgan fingerprint density at radius 3 is 1.83 bits per heavy atom. The van der Waals surface area contributed by atoms with Gasteiger partial charge in [0.15, 0.2) is 5.78 Å². The third kappa shape index (κ3) is 14.3. The number of carbonyl (C=O) groups excluding carboxylic acids is 6. The van der Waals surface area contributed by atoms with Crippen LogP contribution in [-0.4, -0.2) is 91.5 Å². The van der Waals surface area contributed by atoms with Crippen molar-refractivity contribution in [2.75, 3.05) is 13.1 Å². The second kappa shape index (κ2) is 22.6. The quantitative estimate of drug-likeness (QED) is 0.0603. The summed E-state index contributed by atoms with van der Waals surface area (Å²) in [7, 11) is -4.07. The minimum absolute atomic E-state index is 0.00690. The van der Waals surface area contributed by atoms with Crippen LogP contribution >= 0.6 is 0 Å². The van der Waals surface area contributed by atoms with Gasteiger partial charge in [-0.3, -0.25) is 24.1 Å². The molecule has 4 atom stereocenters. The number of ketones is 1. The minimum Gasteiger partial charge on any atom is -0.444 e. The highest BCUT2D eigenvalue weighted by atomic mass is 32.2. The standard InChI is InChI=1S/C47H56N8O9S/c1-6-19-37(49-43(58)38-28-35(30-55(38)46(61)64-47(3,4)5)54-65(62,63)36-26-17-10-18-27-36)42(44(59)48-29-39(57)50-40(31(2)56)32-20-11-7-12-21-32)52-53-45(60)51-41(33-22-13-8-14-23-33)34-24-15-9-16-25-34/h7-18,20-27,35,37-38,40-41,54H,6,19,28-30H2,1-5H3,(H,48,59)(H,49,58)(H,50,57)(H2,51,53,60)/t35-,37+,38?,40-/m1/s1. The number of likely N-dealkylation sites (tertiary alicyclic amines) is 1. The van der Waals surface area contributed by atoms with Gasteiger partial charge in [0.1, 0.15) is 23.4 Å². The van der Waals surface area contributed by atoms with Gasteiger partial charge in [0.05, 0.1) is 23.5 Å². The summed E-state index contributed by atoms with van der Waals surface area (Å²) >= 11 is 0. The van der Waals surface area contributed by atoms with Gasteiger partial charge in [-0.15, -0.1) is 0 Å². The Balaban J connectivity index is 1.42. The molecule has 0 aromatic heterocycles. The molecule has 0 bridgehead atoms. The van der Waals surface area contributed by atoms with Crippen LogP contribution in [0.15, 0.2) is 131 Å². The van der Waals surface area contributed by atoms with Crippen molar-refractivity contribution in [3.63, 3.8) is 0 Å². The normalized spacial score (nSPS) is 16.2. The molecule has 1 aliphatic rings. The molecule has 6 N–H and O–H groups in total. The van der Waals surface area contributed by atoms with Gasteiger partial charge in [-0.1, -0.05) is 123 Å². The zero-order valence-electron chi connectivity index (χ0n) is 36.9. The molecule has 0 radical (unpaired) electrons. The predicted octanol–water partition coefficient (Wildman–Crippen LogP) is 4.64. The number of urea groups is 1. The van der Waals surface area contributed by atoms with Crippen LogP contribution in [-0.2, 0) is 33.9 Å². The Labute approximate surface area is 379 Å².